The molecule has 0 N–H and O–H groups in total. The van der Waals surface area contributed by atoms with Crippen LogP contribution in [0.2, 0.25) is 0 Å². The number of aromatic nitrogens is 1. The molecular weight excluding hydrogens is 235 g/mol. The first-order valence-electron chi connectivity index (χ1n) is 3.61. The molecule has 0 aliphatic heterocycles. The van der Waals surface area contributed by atoms with Crippen molar-refractivity contribution in [1.82, 2.24) is 4.98 Å². The average molecular weight is 243 g/mol. The topological polar surface area (TPSA) is 16.1 Å². The van der Waals surface area contributed by atoms with Crippen LogP contribution in [0.1, 0.15) is 0 Å². The Morgan fingerprint density at radius 2 is 2.46 bits per heavy atom. The van der Waals surface area contributed by atoms with E-state index in [4.69, 9.17) is 6.42 Å². The maximum absolute atomic E-state index is 13.2. The Hall–Kier alpha value is -1.08. The van der Waals surface area contributed by atoms with E-state index in [9.17, 15) is 4.39 Å². The van der Waals surface area contributed by atoms with Gasteiger partial charge in [-0.2, -0.15) is 0 Å². The fourth-order valence-corrected chi connectivity index (χ4v) is 1.20. The summed E-state index contributed by atoms with van der Waals surface area (Å²) in [4.78, 5) is 5.48. The van der Waals surface area contributed by atoms with Crippen LogP contribution < -0.4 is 4.90 Å². The molecule has 2 nitrogen and oxygen atoms in total. The van der Waals surface area contributed by atoms with Crippen LogP contribution >= 0.6 is 15.9 Å². The van der Waals surface area contributed by atoms with Crippen LogP contribution in [0.3, 0.4) is 0 Å². The summed E-state index contributed by atoms with van der Waals surface area (Å²) in [6.45, 7) is 0.339. The zero-order chi connectivity index (χ0) is 9.84. The van der Waals surface area contributed by atoms with Crippen LogP contribution in [0.15, 0.2) is 16.7 Å². The Morgan fingerprint density at radius 1 is 1.77 bits per heavy atom. The smallest absolute Gasteiger partial charge is 0.166 e. The molecule has 1 aromatic heterocycles. The summed E-state index contributed by atoms with van der Waals surface area (Å²) in [7, 11) is 1.69. The fourth-order valence-electron chi connectivity index (χ4n) is 0.900. The second kappa shape index (κ2) is 4.24. The summed E-state index contributed by atoms with van der Waals surface area (Å²) in [5.41, 5.74) is 0. The summed E-state index contributed by atoms with van der Waals surface area (Å²) in [6.07, 6.45) is 6.63. The van der Waals surface area contributed by atoms with Gasteiger partial charge in [-0.05, 0) is 22.0 Å². The molecule has 0 aromatic carbocycles. The number of hydrogen-bond donors (Lipinski definition) is 0. The molecule has 0 fully saturated rings. The SMILES string of the molecule is C#CCN(C)c1ncc(Br)cc1F. The van der Waals surface area contributed by atoms with Gasteiger partial charge in [-0.25, -0.2) is 9.37 Å². The molecule has 0 saturated heterocycles. The van der Waals surface area contributed by atoms with Crippen LogP contribution in [0.5, 0.6) is 0 Å². The average Bonchev–Trinajstić information content (AvgIpc) is 2.04. The third kappa shape index (κ3) is 2.43. The lowest BCUT2D eigenvalue weighted by atomic mass is 10.4. The molecule has 0 atom stereocenters. The minimum atomic E-state index is -0.382. The van der Waals surface area contributed by atoms with Crippen molar-refractivity contribution in [2.45, 2.75) is 0 Å². The highest BCUT2D eigenvalue weighted by molar-refractivity contribution is 9.10. The monoisotopic (exact) mass is 242 g/mol. The molecule has 0 unspecified atom stereocenters. The lowest BCUT2D eigenvalue weighted by Gasteiger charge is -2.14. The lowest BCUT2D eigenvalue weighted by Crippen LogP contribution is -2.19. The van der Waals surface area contributed by atoms with Crippen LogP contribution in [-0.4, -0.2) is 18.6 Å². The van der Waals surface area contributed by atoms with E-state index in [1.54, 1.807) is 11.9 Å². The fraction of sp³-hybridized carbons (Fsp3) is 0.222. The van der Waals surface area contributed by atoms with E-state index in [0.29, 0.717) is 11.0 Å². The van der Waals surface area contributed by atoms with Crippen molar-refractivity contribution in [3.63, 3.8) is 0 Å². The van der Waals surface area contributed by atoms with Crippen molar-refractivity contribution in [3.05, 3.63) is 22.6 Å². The van der Waals surface area contributed by atoms with Gasteiger partial charge in [0.2, 0.25) is 0 Å². The van der Waals surface area contributed by atoms with Gasteiger partial charge in [0.15, 0.2) is 11.6 Å². The normalized spacial score (nSPS) is 9.38. The Bertz CT molecular complexity index is 346. The van der Waals surface area contributed by atoms with Crippen molar-refractivity contribution in [2.75, 3.05) is 18.5 Å². The maximum Gasteiger partial charge on any atom is 0.166 e. The molecule has 0 saturated carbocycles. The summed E-state index contributed by atoms with van der Waals surface area (Å²) in [5, 5.41) is 0. The van der Waals surface area contributed by atoms with E-state index < -0.39 is 0 Å². The third-order valence-corrected chi connectivity index (χ3v) is 1.91. The molecule has 1 aromatic rings. The highest BCUT2D eigenvalue weighted by Gasteiger charge is 2.07. The van der Waals surface area contributed by atoms with E-state index in [2.05, 4.69) is 26.8 Å². The van der Waals surface area contributed by atoms with E-state index in [1.807, 2.05) is 0 Å². The van der Waals surface area contributed by atoms with E-state index in [1.165, 1.54) is 12.3 Å². The minimum Gasteiger partial charge on any atom is -0.346 e. The molecule has 0 spiro atoms. The number of rotatable bonds is 2. The van der Waals surface area contributed by atoms with Crippen LogP contribution in [0.25, 0.3) is 0 Å². The van der Waals surface area contributed by atoms with Crippen molar-refractivity contribution in [3.8, 4) is 12.3 Å². The van der Waals surface area contributed by atoms with Gasteiger partial charge in [0.25, 0.3) is 0 Å². The molecule has 0 aliphatic carbocycles. The van der Waals surface area contributed by atoms with Crippen molar-refractivity contribution >= 4 is 21.7 Å². The summed E-state index contributed by atoms with van der Waals surface area (Å²) >= 11 is 3.12. The predicted octanol–water partition coefficient (Wildman–Crippen LogP) is 2.05. The lowest BCUT2D eigenvalue weighted by molar-refractivity contribution is 0.617. The van der Waals surface area contributed by atoms with Gasteiger partial charge in [-0.1, -0.05) is 5.92 Å². The molecule has 4 heteroatoms. The Morgan fingerprint density at radius 3 is 3.00 bits per heavy atom. The highest BCUT2D eigenvalue weighted by atomic mass is 79.9. The van der Waals surface area contributed by atoms with Crippen molar-refractivity contribution < 1.29 is 4.39 Å². The molecule has 68 valence electrons. The number of halogens is 2. The van der Waals surface area contributed by atoms with Gasteiger partial charge >= 0.3 is 0 Å². The third-order valence-electron chi connectivity index (χ3n) is 1.48. The molecule has 0 radical (unpaired) electrons. The van der Waals surface area contributed by atoms with Gasteiger partial charge in [-0.15, -0.1) is 6.42 Å². The Kier molecular flexibility index (Phi) is 3.26. The standard InChI is InChI=1S/C9H8BrFN2/c1-3-4-13(2)9-8(11)5-7(10)6-12-9/h1,5-6H,4H2,2H3. The van der Waals surface area contributed by atoms with Crippen LogP contribution in [0.4, 0.5) is 10.2 Å². The first kappa shape index (κ1) is 10.0. The zero-order valence-corrected chi connectivity index (χ0v) is 8.68. The first-order chi connectivity index (χ1) is 6.15. The van der Waals surface area contributed by atoms with E-state index in [-0.39, 0.29) is 11.6 Å². The number of anilines is 1. The van der Waals surface area contributed by atoms with Gasteiger partial charge in [-0.3, -0.25) is 0 Å². The second-order valence-electron chi connectivity index (χ2n) is 2.52. The largest absolute Gasteiger partial charge is 0.346 e. The van der Waals surface area contributed by atoms with E-state index in [0.717, 1.165) is 0 Å². The number of hydrogen-bond acceptors (Lipinski definition) is 2. The van der Waals surface area contributed by atoms with Crippen molar-refractivity contribution in [2.24, 2.45) is 0 Å². The predicted molar refractivity (Wildman–Crippen MR) is 54.0 cm³/mol. The molecule has 1 rings (SSSR count). The zero-order valence-electron chi connectivity index (χ0n) is 7.09. The molecule has 0 bridgehead atoms. The molecular formula is C9H8BrFN2. The Labute approximate surface area is 84.9 Å². The first-order valence-corrected chi connectivity index (χ1v) is 4.40. The summed E-state index contributed by atoms with van der Waals surface area (Å²) in [5.74, 6) is 2.30. The molecule has 13 heavy (non-hydrogen) atoms. The van der Waals surface area contributed by atoms with Crippen LogP contribution in [-0.2, 0) is 0 Å². The summed E-state index contributed by atoms with van der Waals surface area (Å²) in [6, 6.07) is 1.36. The minimum absolute atomic E-state index is 0.265. The van der Waals surface area contributed by atoms with E-state index >= 15 is 0 Å². The van der Waals surface area contributed by atoms with Gasteiger partial charge in [0, 0.05) is 17.7 Å². The quantitative estimate of drug-likeness (QED) is 0.739. The molecule has 1 heterocycles. The number of terminal acetylenes is 1. The van der Waals surface area contributed by atoms with Gasteiger partial charge < -0.3 is 4.90 Å². The van der Waals surface area contributed by atoms with Gasteiger partial charge in [0.05, 0.1) is 6.54 Å². The van der Waals surface area contributed by atoms with Gasteiger partial charge in [0.1, 0.15) is 0 Å². The van der Waals surface area contributed by atoms with Crippen LogP contribution in [0, 0.1) is 18.2 Å². The number of pyridine rings is 1. The molecule has 0 aliphatic rings. The number of nitrogens with zero attached hydrogens (tertiary/aromatic N) is 2. The Balaban J connectivity index is 2.96. The maximum atomic E-state index is 13.2. The second-order valence-corrected chi connectivity index (χ2v) is 3.43. The summed E-state index contributed by atoms with van der Waals surface area (Å²) < 4.78 is 13.8. The highest BCUT2D eigenvalue weighted by Crippen LogP contribution is 2.18. The van der Waals surface area contributed by atoms with Crippen molar-refractivity contribution in [1.29, 1.82) is 0 Å². The molecule has 0 amide bonds.